The van der Waals surface area contributed by atoms with E-state index in [9.17, 15) is 0 Å². The first kappa shape index (κ1) is 8.96. The highest BCUT2D eigenvalue weighted by Crippen LogP contribution is 2.02. The molecule has 5 nitrogen and oxygen atoms in total. The van der Waals surface area contributed by atoms with Crippen LogP contribution in [0.3, 0.4) is 0 Å². The van der Waals surface area contributed by atoms with Gasteiger partial charge in [0.2, 0.25) is 5.95 Å². The van der Waals surface area contributed by atoms with E-state index >= 15 is 0 Å². The minimum absolute atomic E-state index is 0.654. The van der Waals surface area contributed by atoms with Gasteiger partial charge in [0.05, 0.1) is 0 Å². The third-order valence-electron chi connectivity index (χ3n) is 1.93. The third kappa shape index (κ3) is 2.18. The van der Waals surface area contributed by atoms with E-state index in [-0.39, 0.29) is 0 Å². The second-order valence-corrected chi connectivity index (χ2v) is 3.02. The van der Waals surface area contributed by atoms with Gasteiger partial charge in [0.15, 0.2) is 0 Å². The van der Waals surface area contributed by atoms with E-state index in [4.69, 9.17) is 0 Å². The van der Waals surface area contributed by atoms with Crippen LogP contribution in [-0.2, 0) is 7.05 Å². The molecule has 1 unspecified atom stereocenters. The smallest absolute Gasteiger partial charge is 0.242 e. The summed E-state index contributed by atoms with van der Waals surface area (Å²) >= 11 is 0. The molecule has 0 bridgehead atoms. The van der Waals surface area contributed by atoms with E-state index in [1.165, 1.54) is 0 Å². The maximum absolute atomic E-state index is 3.81. The number of hydrogen-bond acceptors (Lipinski definition) is 4. The molecule has 0 fully saturated rings. The van der Waals surface area contributed by atoms with E-state index in [1.54, 1.807) is 4.68 Å². The van der Waals surface area contributed by atoms with Crippen molar-refractivity contribution in [2.24, 2.45) is 13.0 Å². The number of rotatable bonds is 4. The average Bonchev–Trinajstić information content (AvgIpc) is 2.47. The summed E-state index contributed by atoms with van der Waals surface area (Å²) in [5, 5.41) is 14.2. The lowest BCUT2D eigenvalue weighted by atomic mass is 10.1. The van der Waals surface area contributed by atoms with Crippen LogP contribution in [0.15, 0.2) is 0 Å². The Morgan fingerprint density at radius 2 is 2.33 bits per heavy atom. The number of tetrazole rings is 1. The summed E-state index contributed by atoms with van der Waals surface area (Å²) in [6.07, 6.45) is 1.16. The Kier molecular flexibility index (Phi) is 3.01. The molecule has 1 N–H and O–H groups in total. The maximum atomic E-state index is 3.81. The van der Waals surface area contributed by atoms with E-state index in [0.29, 0.717) is 5.92 Å². The average molecular weight is 169 g/mol. The molecule has 0 aliphatic carbocycles. The monoisotopic (exact) mass is 169 g/mol. The molecule has 0 radical (unpaired) electrons. The molecule has 68 valence electrons. The first-order chi connectivity index (χ1) is 5.74. The highest BCUT2D eigenvalue weighted by Gasteiger charge is 2.02. The van der Waals surface area contributed by atoms with Crippen LogP contribution in [0.4, 0.5) is 5.95 Å². The van der Waals surface area contributed by atoms with Crippen LogP contribution >= 0.6 is 0 Å². The molecule has 1 rings (SSSR count). The van der Waals surface area contributed by atoms with E-state index in [1.807, 2.05) is 7.05 Å². The fraction of sp³-hybridized carbons (Fsp3) is 0.857. The molecule has 0 saturated heterocycles. The Balaban J connectivity index is 2.38. The van der Waals surface area contributed by atoms with Crippen LogP contribution in [-0.4, -0.2) is 26.8 Å². The predicted molar refractivity (Wildman–Crippen MR) is 46.7 cm³/mol. The number of aryl methyl sites for hydroxylation is 1. The Hall–Kier alpha value is -1.13. The van der Waals surface area contributed by atoms with Crippen LogP contribution in [0.25, 0.3) is 0 Å². The van der Waals surface area contributed by atoms with E-state index in [0.717, 1.165) is 18.9 Å². The van der Waals surface area contributed by atoms with Crippen LogP contribution in [0, 0.1) is 5.92 Å². The summed E-state index contributed by atoms with van der Waals surface area (Å²) in [5.74, 6) is 1.39. The highest BCUT2D eigenvalue weighted by atomic mass is 15.6. The molecule has 5 heteroatoms. The first-order valence-electron chi connectivity index (χ1n) is 4.20. The first-order valence-corrected chi connectivity index (χ1v) is 4.20. The molecular weight excluding hydrogens is 154 g/mol. The molecule has 1 heterocycles. The molecule has 1 aromatic rings. The number of nitrogens with one attached hydrogen (secondary N) is 1. The van der Waals surface area contributed by atoms with E-state index < -0.39 is 0 Å². The zero-order chi connectivity index (χ0) is 8.97. The van der Waals surface area contributed by atoms with E-state index in [2.05, 4.69) is 34.7 Å². The number of anilines is 1. The van der Waals surface area contributed by atoms with Crippen LogP contribution in [0.5, 0.6) is 0 Å². The van der Waals surface area contributed by atoms with Gasteiger partial charge in [0.1, 0.15) is 0 Å². The molecule has 1 atom stereocenters. The van der Waals surface area contributed by atoms with Gasteiger partial charge >= 0.3 is 0 Å². The van der Waals surface area contributed by atoms with Crippen molar-refractivity contribution in [3.05, 3.63) is 0 Å². The minimum Gasteiger partial charge on any atom is -0.353 e. The molecular formula is C7H15N5. The summed E-state index contributed by atoms with van der Waals surface area (Å²) in [5.41, 5.74) is 0. The molecule has 0 aliphatic heterocycles. The lowest BCUT2D eigenvalue weighted by Gasteiger charge is -2.08. The quantitative estimate of drug-likeness (QED) is 0.719. The number of aromatic nitrogens is 4. The molecule has 0 spiro atoms. The standard InChI is InChI=1S/C7H15N5/c1-4-6(2)5-8-7-9-10-11-12(7)3/h6H,4-5H2,1-3H3,(H,8,9,11). The summed E-state index contributed by atoms with van der Waals surface area (Å²) in [7, 11) is 1.82. The molecule has 0 aliphatic rings. The molecule has 0 amide bonds. The number of nitrogens with zero attached hydrogens (tertiary/aromatic N) is 4. The van der Waals surface area contributed by atoms with Gasteiger partial charge in [-0.15, -0.1) is 0 Å². The molecule has 12 heavy (non-hydrogen) atoms. The summed E-state index contributed by atoms with van der Waals surface area (Å²) in [6.45, 7) is 5.28. The van der Waals surface area contributed by atoms with Crippen molar-refractivity contribution in [3.8, 4) is 0 Å². The zero-order valence-electron chi connectivity index (χ0n) is 7.78. The summed E-state index contributed by atoms with van der Waals surface area (Å²) in [6, 6.07) is 0. The molecule has 0 aromatic carbocycles. The lowest BCUT2D eigenvalue weighted by Crippen LogP contribution is -2.13. The highest BCUT2D eigenvalue weighted by molar-refractivity contribution is 5.20. The second kappa shape index (κ2) is 4.04. The predicted octanol–water partition coefficient (Wildman–Crippen LogP) is 0.668. The fourth-order valence-electron chi connectivity index (χ4n) is 0.789. The van der Waals surface area contributed by atoms with Gasteiger partial charge in [-0.1, -0.05) is 25.4 Å². The van der Waals surface area contributed by atoms with Gasteiger partial charge in [-0.2, -0.15) is 0 Å². The minimum atomic E-state index is 0.654. The third-order valence-corrected chi connectivity index (χ3v) is 1.93. The van der Waals surface area contributed by atoms with Crippen molar-refractivity contribution in [2.75, 3.05) is 11.9 Å². The van der Waals surface area contributed by atoms with Gasteiger partial charge in [-0.25, -0.2) is 4.68 Å². The Labute approximate surface area is 72.2 Å². The van der Waals surface area contributed by atoms with Crippen molar-refractivity contribution < 1.29 is 0 Å². The van der Waals surface area contributed by atoms with Gasteiger partial charge in [-0.05, 0) is 16.3 Å². The summed E-state index contributed by atoms with van der Waals surface area (Å²) in [4.78, 5) is 0. The summed E-state index contributed by atoms with van der Waals surface area (Å²) < 4.78 is 1.63. The van der Waals surface area contributed by atoms with Gasteiger partial charge in [0, 0.05) is 13.6 Å². The van der Waals surface area contributed by atoms with Gasteiger partial charge in [-0.3, -0.25) is 0 Å². The fourth-order valence-corrected chi connectivity index (χ4v) is 0.789. The lowest BCUT2D eigenvalue weighted by molar-refractivity contribution is 0.588. The SMILES string of the molecule is CCC(C)CNc1nnnn1C. The van der Waals surface area contributed by atoms with Crippen LogP contribution < -0.4 is 5.32 Å². The zero-order valence-corrected chi connectivity index (χ0v) is 7.78. The van der Waals surface area contributed by atoms with Crippen molar-refractivity contribution in [2.45, 2.75) is 20.3 Å². The Morgan fingerprint density at radius 3 is 2.83 bits per heavy atom. The maximum Gasteiger partial charge on any atom is 0.242 e. The second-order valence-electron chi connectivity index (χ2n) is 3.02. The topological polar surface area (TPSA) is 55.6 Å². The molecule has 1 aromatic heterocycles. The van der Waals surface area contributed by atoms with Gasteiger partial charge in [0.25, 0.3) is 0 Å². The van der Waals surface area contributed by atoms with Crippen molar-refractivity contribution in [3.63, 3.8) is 0 Å². The van der Waals surface area contributed by atoms with Crippen molar-refractivity contribution >= 4 is 5.95 Å². The Morgan fingerprint density at radius 1 is 1.58 bits per heavy atom. The number of hydrogen-bond donors (Lipinski definition) is 1. The van der Waals surface area contributed by atoms with Gasteiger partial charge < -0.3 is 5.32 Å². The van der Waals surface area contributed by atoms with Crippen LogP contribution in [0.1, 0.15) is 20.3 Å². The molecule has 0 saturated carbocycles. The van der Waals surface area contributed by atoms with Crippen molar-refractivity contribution in [1.29, 1.82) is 0 Å². The Bertz CT molecular complexity index is 231. The van der Waals surface area contributed by atoms with Crippen molar-refractivity contribution in [1.82, 2.24) is 20.2 Å². The normalized spacial score (nSPS) is 12.9. The largest absolute Gasteiger partial charge is 0.353 e. The van der Waals surface area contributed by atoms with Crippen LogP contribution in [0.2, 0.25) is 0 Å².